The second-order valence-electron chi connectivity index (χ2n) is 20.1. The van der Waals surface area contributed by atoms with Crippen LogP contribution in [0.15, 0.2) is 29.4 Å². The molecule has 0 aliphatic heterocycles. The van der Waals surface area contributed by atoms with Crippen LogP contribution in [0, 0.1) is 10.1 Å². The highest BCUT2D eigenvalue weighted by atomic mass is 19.1. The molecule has 0 aliphatic carbocycles. The summed E-state index contributed by atoms with van der Waals surface area (Å²) in [6, 6.07) is 4.96. The van der Waals surface area contributed by atoms with E-state index in [2.05, 4.69) is 10.0 Å². The third-order valence-corrected chi connectivity index (χ3v) is 12.4. The molecule has 0 saturated carbocycles. The van der Waals surface area contributed by atoms with E-state index >= 15 is 0 Å². The minimum absolute atomic E-state index is 0.0723. The summed E-state index contributed by atoms with van der Waals surface area (Å²) in [5.74, 6) is -3.29. The fourth-order valence-electron chi connectivity index (χ4n) is 7.17. The molecule has 0 bridgehead atoms. The van der Waals surface area contributed by atoms with Crippen molar-refractivity contribution >= 4 is 47.0 Å². The van der Waals surface area contributed by atoms with Gasteiger partial charge in [0.2, 0.25) is 29.5 Å². The Hall–Kier alpha value is -6.25. The molecule has 0 unspecified atom stereocenters. The molecule has 0 saturated heterocycles. The van der Waals surface area contributed by atoms with Crippen LogP contribution in [0.5, 0.6) is 5.75 Å². The average molecular weight is 1370 g/mol. The molecule has 0 fully saturated rings. The van der Waals surface area contributed by atoms with Crippen molar-refractivity contribution in [2.24, 2.45) is 5.11 Å². The monoisotopic (exact) mass is 1370 g/mol. The number of alkyl halides is 1. The van der Waals surface area contributed by atoms with Crippen LogP contribution in [0.2, 0.25) is 0 Å². The zero-order chi connectivity index (χ0) is 70.9. The molecule has 1 aromatic carbocycles. The molecular formula is C60H104FN9O25. The Labute approximate surface area is 557 Å². The van der Waals surface area contributed by atoms with Crippen LogP contribution < -0.4 is 4.74 Å². The van der Waals surface area contributed by atoms with Gasteiger partial charge in [0, 0.05) is 84.7 Å². The minimum atomic E-state index is -1.00. The first kappa shape index (κ1) is 86.8. The predicted molar refractivity (Wildman–Crippen MR) is 338 cm³/mol. The molecule has 35 heteroatoms. The fourth-order valence-corrected chi connectivity index (χ4v) is 7.17. The van der Waals surface area contributed by atoms with Crippen molar-refractivity contribution in [3.8, 4) is 5.75 Å². The molecule has 0 spiro atoms. The Kier molecular flexibility index (Phi) is 58.3. The lowest BCUT2D eigenvalue weighted by atomic mass is 10.2. The van der Waals surface area contributed by atoms with E-state index in [1.165, 1.54) is 64.4 Å². The summed E-state index contributed by atoms with van der Waals surface area (Å²) in [6.07, 6.45) is 0.554. The van der Waals surface area contributed by atoms with Gasteiger partial charge in [0.1, 0.15) is 5.75 Å². The van der Waals surface area contributed by atoms with Crippen molar-refractivity contribution in [3.05, 3.63) is 44.8 Å². The van der Waals surface area contributed by atoms with Crippen LogP contribution in [0.1, 0.15) is 33.5 Å². The van der Waals surface area contributed by atoms with Gasteiger partial charge < -0.3 is 100 Å². The van der Waals surface area contributed by atoms with Gasteiger partial charge in [0.25, 0.3) is 5.69 Å². The van der Waals surface area contributed by atoms with Gasteiger partial charge in [-0.25, -0.2) is 0 Å². The van der Waals surface area contributed by atoms with Crippen LogP contribution in [-0.2, 0) is 105 Å². The number of hydrogen-bond acceptors (Lipinski definition) is 26. The van der Waals surface area contributed by atoms with E-state index in [4.69, 9.17) is 82.7 Å². The summed E-state index contributed by atoms with van der Waals surface area (Å²) in [6.45, 7) is 11.6. The summed E-state index contributed by atoms with van der Waals surface area (Å²) in [5.41, 5.74) is 8.02. The number of ketones is 1. The Balaban J connectivity index is 0.0000295. The Bertz CT molecular complexity index is 2240. The topological polar surface area (TPSA) is 375 Å². The quantitative estimate of drug-likeness (QED) is 0.0130. The van der Waals surface area contributed by atoms with Gasteiger partial charge in [-0.3, -0.25) is 48.1 Å². The van der Waals surface area contributed by atoms with Crippen LogP contribution in [0.4, 0.5) is 10.1 Å². The Morgan fingerprint density at radius 3 is 0.968 bits per heavy atom. The number of nitro benzene ring substituents is 1. The summed E-state index contributed by atoms with van der Waals surface area (Å²) >= 11 is 0. The molecule has 5 amide bonds. The van der Waals surface area contributed by atoms with Gasteiger partial charge in [-0.15, -0.1) is 0 Å². The van der Waals surface area contributed by atoms with Crippen molar-refractivity contribution in [1.29, 1.82) is 0 Å². The number of amides is 5. The maximum atomic E-state index is 12.9. The number of halogens is 1. The van der Waals surface area contributed by atoms with E-state index in [1.54, 1.807) is 0 Å². The van der Waals surface area contributed by atoms with Crippen molar-refractivity contribution in [1.82, 2.24) is 24.5 Å². The first-order chi connectivity index (χ1) is 46.5. The van der Waals surface area contributed by atoms with E-state index in [0.29, 0.717) is 211 Å². The maximum Gasteiger partial charge on any atom is 0.311 e. The molecule has 546 valence electrons. The van der Waals surface area contributed by atoms with Gasteiger partial charge >= 0.3 is 5.97 Å². The average Bonchev–Trinajstić information content (AvgIpc) is 1.03. The first-order valence-electron chi connectivity index (χ1n) is 31.9. The number of hydrogen-bond donors (Lipinski definition) is 0. The summed E-state index contributed by atoms with van der Waals surface area (Å²) in [4.78, 5) is 107. The van der Waals surface area contributed by atoms with Crippen LogP contribution >= 0.6 is 0 Å². The lowest BCUT2D eigenvalue weighted by molar-refractivity contribution is -0.384. The van der Waals surface area contributed by atoms with Crippen LogP contribution in [0.25, 0.3) is 10.4 Å². The van der Waals surface area contributed by atoms with Crippen molar-refractivity contribution in [2.75, 3.05) is 280 Å². The Morgan fingerprint density at radius 1 is 0.421 bits per heavy atom. The van der Waals surface area contributed by atoms with Gasteiger partial charge in [-0.2, -0.15) is 0 Å². The summed E-state index contributed by atoms with van der Waals surface area (Å²) in [7, 11) is 5.98. The molecule has 0 N–H and O–H groups in total. The lowest BCUT2D eigenvalue weighted by Gasteiger charge is -2.26. The zero-order valence-electron chi connectivity index (χ0n) is 57.1. The molecule has 0 heterocycles. The SMILES string of the molecule is CN(CC(=O)CCCOCCOCCOCCOCCOCCOCCOCCOCCOCCOCCOCCOCCOCCOCCOCCN=[N+]=[N-])C(=O)CN(C)C(=O)CN(C)C(=O)CN(C)C(=O)CN(C)C(=O)CCCC(=O)Oc1ccc([N+](=O)[O-])cc1.[2H]CF. The highest BCUT2D eigenvalue weighted by molar-refractivity contribution is 5.92. The molecule has 0 aromatic heterocycles. The number of ether oxygens (including phenoxy) is 16. The van der Waals surface area contributed by atoms with Crippen molar-refractivity contribution in [2.45, 2.75) is 32.1 Å². The standard InChI is InChI=1S/C59H101N9O25.CH3F/c1-63(55(71)48-65(3)57(73)50-67(5)58(74)49-66(4)56(72)47-64(2)54(70)9-6-10-59(75)93-53-13-11-51(12-14-53)68(76)77)46-52(69)8-7-16-78-18-20-80-22-24-82-26-28-84-30-32-86-34-36-88-38-40-90-42-44-92-45-43-91-41-39-89-37-35-87-33-31-85-29-27-83-25-23-81-21-19-79-17-15-61-62-60;1-2/h11-14H,6-10,15-50H2,1-5H3;1H3/i;1D. The number of rotatable bonds is 65. The van der Waals surface area contributed by atoms with E-state index in [9.17, 15) is 48.1 Å². The van der Waals surface area contributed by atoms with Gasteiger partial charge in [-0.05, 0) is 30.5 Å². The molecule has 0 radical (unpaired) electrons. The molecule has 0 atom stereocenters. The molecule has 0 aliphatic rings. The second-order valence-corrected chi connectivity index (χ2v) is 20.1. The van der Waals surface area contributed by atoms with E-state index in [-0.39, 0.29) is 69.1 Å². The summed E-state index contributed by atoms with van der Waals surface area (Å²) < 4.78 is 103. The molecule has 1 rings (SSSR count). The predicted octanol–water partition coefficient (Wildman–Crippen LogP) is 1.46. The van der Waals surface area contributed by atoms with Crippen LogP contribution in [0.3, 0.4) is 0 Å². The summed E-state index contributed by atoms with van der Waals surface area (Å²) in [5, 5.41) is 14.2. The highest BCUT2D eigenvalue weighted by Crippen LogP contribution is 2.18. The van der Waals surface area contributed by atoms with E-state index < -0.39 is 54.1 Å². The van der Waals surface area contributed by atoms with E-state index in [1.807, 2.05) is 0 Å². The molecule has 34 nitrogen and oxygen atoms in total. The third kappa shape index (κ3) is 54.6. The second kappa shape index (κ2) is 63.8. The van der Waals surface area contributed by atoms with E-state index in [0.717, 1.165) is 19.6 Å². The normalized spacial score (nSPS) is 11.0. The first-order valence-corrected chi connectivity index (χ1v) is 31.2. The number of carbonyl (C=O) groups excluding carboxylic acids is 7. The number of benzene rings is 1. The number of nitrogens with zero attached hydrogens (tertiary/aromatic N) is 9. The molecular weight excluding hydrogens is 1270 g/mol. The smallest absolute Gasteiger partial charge is 0.311 e. The number of non-ortho nitro benzene ring substituents is 1. The number of nitro groups is 1. The van der Waals surface area contributed by atoms with Crippen molar-refractivity contribution in [3.63, 3.8) is 0 Å². The zero-order valence-corrected chi connectivity index (χ0v) is 56.1. The van der Waals surface area contributed by atoms with Gasteiger partial charge in [-0.1, -0.05) is 5.11 Å². The maximum absolute atomic E-state index is 12.9. The lowest BCUT2D eigenvalue weighted by Crippen LogP contribution is -2.47. The largest absolute Gasteiger partial charge is 0.427 e. The fraction of sp³-hybridized carbons (Fsp3) is 0.783. The number of carbonyl (C=O) groups is 7. The number of Topliss-reactive ketones (excluding diaryl/α,β-unsaturated/α-hetero) is 1. The van der Waals surface area contributed by atoms with Crippen LogP contribution in [-0.4, -0.2) is 351 Å². The van der Waals surface area contributed by atoms with Crippen molar-refractivity contribution < 1.29 is 120 Å². The number of likely N-dealkylation sites (N-methyl/N-ethyl adjacent to an activating group) is 5. The number of esters is 1. The Morgan fingerprint density at radius 2 is 0.684 bits per heavy atom. The number of azide groups is 1. The third-order valence-electron chi connectivity index (χ3n) is 12.4. The highest BCUT2D eigenvalue weighted by Gasteiger charge is 2.24. The van der Waals surface area contributed by atoms with Gasteiger partial charge in [0.05, 0.1) is 238 Å². The van der Waals surface area contributed by atoms with Gasteiger partial charge in [0.15, 0.2) is 5.78 Å². The molecule has 95 heavy (non-hydrogen) atoms. The minimum Gasteiger partial charge on any atom is -0.427 e. The molecule has 1 aromatic rings.